The predicted molar refractivity (Wildman–Crippen MR) is 62.3 cm³/mol. The third kappa shape index (κ3) is 3.59. The number of nitrogens with zero attached hydrogens (tertiary/aromatic N) is 1. The molecule has 0 fully saturated rings. The zero-order valence-electron chi connectivity index (χ0n) is 8.30. The number of aliphatic carboxylic acids is 1. The number of pyridine rings is 1. The Morgan fingerprint density at radius 2 is 2.33 bits per heavy atom. The molecule has 0 spiro atoms. The summed E-state index contributed by atoms with van der Waals surface area (Å²) in [7, 11) is 0. The molecule has 0 unspecified atom stereocenters. The van der Waals surface area contributed by atoms with Crippen molar-refractivity contribution in [1.82, 2.24) is 4.98 Å². The van der Waals surface area contributed by atoms with Gasteiger partial charge in [-0.05, 0) is 24.5 Å². The first-order valence-corrected chi connectivity index (χ1v) is 5.16. The maximum Gasteiger partial charge on any atom is 0.331 e. The molecule has 0 amide bonds. The minimum atomic E-state index is -0.920. The van der Waals surface area contributed by atoms with Crippen LogP contribution in [-0.4, -0.2) is 16.1 Å². The van der Waals surface area contributed by atoms with E-state index in [1.165, 1.54) is 11.8 Å². The van der Waals surface area contributed by atoms with Crippen molar-refractivity contribution >= 4 is 22.6 Å². The monoisotopic (exact) mass is 221 g/mol. The van der Waals surface area contributed by atoms with E-state index >= 15 is 0 Å². The third-order valence-electron chi connectivity index (χ3n) is 1.67. The van der Waals surface area contributed by atoms with Gasteiger partial charge in [0, 0.05) is 16.7 Å². The molecular formula is C11H11NO2S. The average Bonchev–Trinajstić information content (AvgIpc) is 2.26. The molecule has 0 radical (unpaired) electrons. The van der Waals surface area contributed by atoms with Crippen LogP contribution in [0, 0.1) is 0 Å². The first-order chi connectivity index (χ1) is 7.11. The number of carboxylic acids is 1. The molecule has 4 heteroatoms. The van der Waals surface area contributed by atoms with E-state index in [1.807, 2.05) is 18.2 Å². The molecular weight excluding hydrogens is 210 g/mol. The van der Waals surface area contributed by atoms with Crippen molar-refractivity contribution < 1.29 is 9.90 Å². The van der Waals surface area contributed by atoms with Gasteiger partial charge in [0.15, 0.2) is 0 Å². The van der Waals surface area contributed by atoms with E-state index in [9.17, 15) is 4.79 Å². The summed E-state index contributed by atoms with van der Waals surface area (Å²) in [4.78, 5) is 15.4. The minimum absolute atomic E-state index is 0.289. The van der Waals surface area contributed by atoms with Gasteiger partial charge in [0.2, 0.25) is 0 Å². The number of carbonyl (C=O) groups is 1. The fourth-order valence-electron chi connectivity index (χ4n) is 0.798. The largest absolute Gasteiger partial charge is 0.478 e. The molecule has 1 aromatic heterocycles. The maximum atomic E-state index is 10.5. The van der Waals surface area contributed by atoms with Gasteiger partial charge in [-0.25, -0.2) is 4.79 Å². The Hall–Kier alpha value is -1.55. The van der Waals surface area contributed by atoms with Crippen molar-refractivity contribution in [2.75, 3.05) is 0 Å². The third-order valence-corrected chi connectivity index (χ3v) is 2.63. The lowest BCUT2D eigenvalue weighted by Gasteiger charge is -2.00. The minimum Gasteiger partial charge on any atom is -0.478 e. The molecule has 1 heterocycles. The van der Waals surface area contributed by atoms with Crippen molar-refractivity contribution in [3.8, 4) is 0 Å². The van der Waals surface area contributed by atoms with Crippen LogP contribution in [0.5, 0.6) is 0 Å². The van der Waals surface area contributed by atoms with Crippen LogP contribution in [0.1, 0.15) is 12.6 Å². The first kappa shape index (κ1) is 11.5. The van der Waals surface area contributed by atoms with E-state index in [-0.39, 0.29) is 5.57 Å². The predicted octanol–water partition coefficient (Wildman–Crippen LogP) is 2.77. The van der Waals surface area contributed by atoms with E-state index in [1.54, 1.807) is 18.5 Å². The second-order valence-corrected chi connectivity index (χ2v) is 3.83. The van der Waals surface area contributed by atoms with Crippen LogP contribution in [0.3, 0.4) is 0 Å². The number of rotatable bonds is 4. The van der Waals surface area contributed by atoms with Gasteiger partial charge >= 0.3 is 5.97 Å². The standard InChI is InChI=1S/C11H11NO2S/c1-8(11(13)14)7-15-9(2)10-5-3-4-6-12-10/h3-7H,2H2,1H3,(H,13,14)/b8-7+. The zero-order valence-corrected chi connectivity index (χ0v) is 9.12. The summed E-state index contributed by atoms with van der Waals surface area (Å²) in [5, 5.41) is 10.2. The van der Waals surface area contributed by atoms with E-state index in [2.05, 4.69) is 11.6 Å². The molecule has 0 aliphatic rings. The van der Waals surface area contributed by atoms with Gasteiger partial charge in [0.05, 0.1) is 5.69 Å². The fraction of sp³-hybridized carbons (Fsp3) is 0.0909. The van der Waals surface area contributed by atoms with E-state index in [4.69, 9.17) is 5.11 Å². The highest BCUT2D eigenvalue weighted by atomic mass is 32.2. The van der Waals surface area contributed by atoms with Gasteiger partial charge in [-0.1, -0.05) is 24.4 Å². The van der Waals surface area contributed by atoms with E-state index < -0.39 is 5.97 Å². The molecule has 1 aromatic rings. The Balaban J connectivity index is 2.66. The molecule has 0 aliphatic heterocycles. The van der Waals surface area contributed by atoms with Gasteiger partial charge in [0.25, 0.3) is 0 Å². The topological polar surface area (TPSA) is 50.2 Å². The Kier molecular flexibility index (Phi) is 4.12. The van der Waals surface area contributed by atoms with Crippen LogP contribution in [0.15, 0.2) is 42.0 Å². The lowest BCUT2D eigenvalue weighted by molar-refractivity contribution is -0.132. The molecule has 1 rings (SSSR count). The number of carboxylic acid groups (broad SMARTS) is 1. The van der Waals surface area contributed by atoms with Gasteiger partial charge in [0.1, 0.15) is 0 Å². The fourth-order valence-corrected chi connectivity index (χ4v) is 1.46. The highest BCUT2D eigenvalue weighted by molar-refractivity contribution is 8.10. The lowest BCUT2D eigenvalue weighted by atomic mass is 10.3. The second kappa shape index (κ2) is 5.36. The summed E-state index contributed by atoms with van der Waals surface area (Å²) >= 11 is 1.27. The maximum absolute atomic E-state index is 10.5. The van der Waals surface area contributed by atoms with Crippen molar-refractivity contribution in [2.45, 2.75) is 6.92 Å². The summed E-state index contributed by atoms with van der Waals surface area (Å²) in [5.41, 5.74) is 1.05. The number of thioether (sulfide) groups is 1. The van der Waals surface area contributed by atoms with Crippen LogP contribution in [0.2, 0.25) is 0 Å². The van der Waals surface area contributed by atoms with Crippen molar-refractivity contribution in [3.05, 3.63) is 47.6 Å². The van der Waals surface area contributed by atoms with Crippen LogP contribution < -0.4 is 0 Å². The van der Waals surface area contributed by atoms with Gasteiger partial charge in [-0.2, -0.15) is 0 Å². The quantitative estimate of drug-likeness (QED) is 0.794. The smallest absolute Gasteiger partial charge is 0.331 e. The van der Waals surface area contributed by atoms with E-state index in [0.717, 1.165) is 10.6 Å². The molecule has 15 heavy (non-hydrogen) atoms. The second-order valence-electron chi connectivity index (χ2n) is 2.86. The number of aromatic nitrogens is 1. The van der Waals surface area contributed by atoms with Crippen LogP contribution >= 0.6 is 11.8 Å². The molecule has 3 nitrogen and oxygen atoms in total. The van der Waals surface area contributed by atoms with Crippen LogP contribution in [0.4, 0.5) is 0 Å². The van der Waals surface area contributed by atoms with Crippen molar-refractivity contribution in [3.63, 3.8) is 0 Å². The first-order valence-electron chi connectivity index (χ1n) is 4.28. The SMILES string of the molecule is C=C(S/C=C(\C)C(=O)O)c1ccccn1. The highest BCUT2D eigenvalue weighted by Crippen LogP contribution is 2.25. The summed E-state index contributed by atoms with van der Waals surface area (Å²) < 4.78 is 0. The molecule has 0 aromatic carbocycles. The molecule has 0 saturated heterocycles. The van der Waals surface area contributed by atoms with E-state index in [0.29, 0.717) is 0 Å². The zero-order chi connectivity index (χ0) is 11.3. The van der Waals surface area contributed by atoms with Gasteiger partial charge in [-0.15, -0.1) is 0 Å². The van der Waals surface area contributed by atoms with Crippen LogP contribution in [-0.2, 0) is 4.79 Å². The summed E-state index contributed by atoms with van der Waals surface area (Å²) in [5.74, 6) is -0.920. The Labute approximate surface area is 92.5 Å². The Morgan fingerprint density at radius 1 is 1.60 bits per heavy atom. The molecule has 78 valence electrons. The number of hydrogen-bond acceptors (Lipinski definition) is 3. The molecule has 0 aliphatic carbocycles. The van der Waals surface area contributed by atoms with Crippen LogP contribution in [0.25, 0.3) is 4.91 Å². The molecule has 0 atom stereocenters. The number of hydrogen-bond donors (Lipinski definition) is 1. The molecule has 1 N–H and O–H groups in total. The van der Waals surface area contributed by atoms with Crippen molar-refractivity contribution in [1.29, 1.82) is 0 Å². The van der Waals surface area contributed by atoms with Gasteiger partial charge < -0.3 is 5.11 Å². The Bertz CT molecular complexity index is 398. The highest BCUT2D eigenvalue weighted by Gasteiger charge is 2.02. The van der Waals surface area contributed by atoms with Crippen molar-refractivity contribution in [2.24, 2.45) is 0 Å². The summed E-state index contributed by atoms with van der Waals surface area (Å²) in [6.07, 6.45) is 1.68. The normalized spacial score (nSPS) is 11.1. The van der Waals surface area contributed by atoms with Gasteiger partial charge in [-0.3, -0.25) is 4.98 Å². The Morgan fingerprint density at radius 3 is 2.87 bits per heavy atom. The molecule has 0 bridgehead atoms. The lowest BCUT2D eigenvalue weighted by Crippen LogP contribution is -1.94. The average molecular weight is 221 g/mol. The summed E-state index contributed by atoms with van der Waals surface area (Å²) in [6.45, 7) is 5.36. The molecule has 0 saturated carbocycles. The summed E-state index contributed by atoms with van der Waals surface area (Å²) in [6, 6.07) is 5.51.